The molecular weight excluding hydrogens is 250 g/mol. The highest BCUT2D eigenvalue weighted by molar-refractivity contribution is 6.00. The lowest BCUT2D eigenvalue weighted by Gasteiger charge is -2.26. The van der Waals surface area contributed by atoms with Gasteiger partial charge in [0, 0.05) is 0 Å². The number of likely N-dealkylation sites (tertiary alicyclic amines) is 1. The minimum absolute atomic E-state index is 0.183. The number of hydrogen-bond donors (Lipinski definition) is 0. The van der Waals surface area contributed by atoms with E-state index in [2.05, 4.69) is 11.0 Å². The Labute approximate surface area is 121 Å². The summed E-state index contributed by atoms with van der Waals surface area (Å²) >= 11 is 0. The number of ether oxygens (including phenoxy) is 1. The third-order valence-electron chi connectivity index (χ3n) is 3.82. The van der Waals surface area contributed by atoms with Gasteiger partial charge in [0.2, 0.25) is 0 Å². The van der Waals surface area contributed by atoms with E-state index < -0.39 is 0 Å². The standard InChI is InChI=1S/C17H25NO2/c1-4-20-17-14(3)10-13(2)11-15(17)16(19)12-18-8-6-5-7-9-18/h10-11H,4-9,12H2,1-3H3. The summed E-state index contributed by atoms with van der Waals surface area (Å²) in [6.45, 7) is 9.19. The summed E-state index contributed by atoms with van der Waals surface area (Å²) in [6.07, 6.45) is 3.70. The number of ketones is 1. The van der Waals surface area contributed by atoms with E-state index in [9.17, 15) is 4.79 Å². The third kappa shape index (κ3) is 3.60. The molecule has 1 aliphatic heterocycles. The van der Waals surface area contributed by atoms with E-state index in [1.165, 1.54) is 19.3 Å². The maximum atomic E-state index is 12.6. The summed E-state index contributed by atoms with van der Waals surface area (Å²) in [7, 11) is 0. The van der Waals surface area contributed by atoms with Crippen LogP contribution in [0, 0.1) is 13.8 Å². The Morgan fingerprint density at radius 2 is 1.90 bits per heavy atom. The van der Waals surface area contributed by atoms with Crippen LogP contribution in [0.5, 0.6) is 5.75 Å². The number of carbonyl (C=O) groups is 1. The Kier molecular flexibility index (Phi) is 5.18. The monoisotopic (exact) mass is 275 g/mol. The van der Waals surface area contributed by atoms with Crippen LogP contribution in [0.2, 0.25) is 0 Å². The molecule has 0 radical (unpaired) electrons. The Hall–Kier alpha value is -1.35. The van der Waals surface area contributed by atoms with Crippen LogP contribution in [0.15, 0.2) is 12.1 Å². The van der Waals surface area contributed by atoms with Crippen LogP contribution in [0.1, 0.15) is 47.7 Å². The second-order valence-electron chi connectivity index (χ2n) is 5.65. The van der Waals surface area contributed by atoms with Crippen molar-refractivity contribution in [1.29, 1.82) is 0 Å². The second kappa shape index (κ2) is 6.89. The van der Waals surface area contributed by atoms with E-state index >= 15 is 0 Å². The summed E-state index contributed by atoms with van der Waals surface area (Å²) < 4.78 is 5.69. The molecule has 0 N–H and O–H groups in total. The lowest BCUT2D eigenvalue weighted by atomic mass is 10.0. The molecule has 2 rings (SSSR count). The van der Waals surface area contributed by atoms with Gasteiger partial charge in [-0.3, -0.25) is 9.69 Å². The van der Waals surface area contributed by atoms with E-state index in [1.54, 1.807) is 0 Å². The number of carbonyl (C=O) groups excluding carboxylic acids is 1. The van der Waals surface area contributed by atoms with Gasteiger partial charge in [0.05, 0.1) is 18.7 Å². The average Bonchev–Trinajstić information content (AvgIpc) is 2.42. The molecule has 3 heteroatoms. The van der Waals surface area contributed by atoms with Crippen molar-refractivity contribution in [3.63, 3.8) is 0 Å². The number of piperidine rings is 1. The molecule has 0 spiro atoms. The van der Waals surface area contributed by atoms with Crippen molar-refractivity contribution in [3.05, 3.63) is 28.8 Å². The Bertz CT molecular complexity index is 476. The highest BCUT2D eigenvalue weighted by atomic mass is 16.5. The molecule has 0 aliphatic carbocycles. The molecule has 1 aliphatic rings. The van der Waals surface area contributed by atoms with E-state index in [-0.39, 0.29) is 5.78 Å². The molecule has 0 bridgehead atoms. The first kappa shape index (κ1) is 15.0. The van der Waals surface area contributed by atoms with Crippen LogP contribution in [0.25, 0.3) is 0 Å². The first-order chi connectivity index (χ1) is 9.61. The fourth-order valence-corrected chi connectivity index (χ4v) is 2.90. The minimum Gasteiger partial charge on any atom is -0.493 e. The fraction of sp³-hybridized carbons (Fsp3) is 0.588. The normalized spacial score (nSPS) is 16.1. The summed E-state index contributed by atoms with van der Waals surface area (Å²) in [6, 6.07) is 4.03. The lowest BCUT2D eigenvalue weighted by Crippen LogP contribution is -2.34. The summed E-state index contributed by atoms with van der Waals surface area (Å²) in [5, 5.41) is 0. The third-order valence-corrected chi connectivity index (χ3v) is 3.82. The van der Waals surface area contributed by atoms with Crippen LogP contribution in [-0.2, 0) is 0 Å². The number of aryl methyl sites for hydroxylation is 2. The molecular formula is C17H25NO2. The molecule has 1 aromatic rings. The number of benzene rings is 1. The zero-order valence-electron chi connectivity index (χ0n) is 12.9. The largest absolute Gasteiger partial charge is 0.493 e. The highest BCUT2D eigenvalue weighted by Gasteiger charge is 2.19. The summed E-state index contributed by atoms with van der Waals surface area (Å²) in [5.74, 6) is 0.947. The van der Waals surface area contributed by atoms with Crippen molar-refractivity contribution in [2.24, 2.45) is 0 Å². The molecule has 1 heterocycles. The van der Waals surface area contributed by atoms with E-state index in [0.29, 0.717) is 13.2 Å². The van der Waals surface area contributed by atoms with Gasteiger partial charge in [0.1, 0.15) is 5.75 Å². The molecule has 1 saturated heterocycles. The van der Waals surface area contributed by atoms with E-state index in [4.69, 9.17) is 4.74 Å². The van der Waals surface area contributed by atoms with Gasteiger partial charge in [-0.1, -0.05) is 12.5 Å². The zero-order valence-corrected chi connectivity index (χ0v) is 12.9. The Balaban J connectivity index is 2.19. The van der Waals surface area contributed by atoms with Gasteiger partial charge >= 0.3 is 0 Å². The SMILES string of the molecule is CCOc1c(C)cc(C)cc1C(=O)CN1CCCCC1. The van der Waals surface area contributed by atoms with Crippen molar-refractivity contribution in [3.8, 4) is 5.75 Å². The molecule has 110 valence electrons. The van der Waals surface area contributed by atoms with Gasteiger partial charge in [0.25, 0.3) is 0 Å². The van der Waals surface area contributed by atoms with E-state index in [0.717, 1.165) is 35.5 Å². The first-order valence-electron chi connectivity index (χ1n) is 7.61. The topological polar surface area (TPSA) is 29.5 Å². The maximum absolute atomic E-state index is 12.6. The Morgan fingerprint density at radius 3 is 2.55 bits per heavy atom. The fourth-order valence-electron chi connectivity index (χ4n) is 2.90. The molecule has 1 aromatic carbocycles. The second-order valence-corrected chi connectivity index (χ2v) is 5.65. The molecule has 0 atom stereocenters. The van der Waals surface area contributed by atoms with Crippen LogP contribution in [0.3, 0.4) is 0 Å². The molecule has 0 amide bonds. The maximum Gasteiger partial charge on any atom is 0.180 e. The lowest BCUT2D eigenvalue weighted by molar-refractivity contribution is 0.0911. The quantitative estimate of drug-likeness (QED) is 0.772. The summed E-state index contributed by atoms with van der Waals surface area (Å²) in [5.41, 5.74) is 2.91. The summed E-state index contributed by atoms with van der Waals surface area (Å²) in [4.78, 5) is 14.9. The van der Waals surface area contributed by atoms with Crippen molar-refractivity contribution < 1.29 is 9.53 Å². The van der Waals surface area contributed by atoms with Crippen LogP contribution < -0.4 is 4.74 Å². The predicted octanol–water partition coefficient (Wildman–Crippen LogP) is 3.37. The predicted molar refractivity (Wildman–Crippen MR) is 81.7 cm³/mol. The van der Waals surface area contributed by atoms with Gasteiger partial charge in [-0.25, -0.2) is 0 Å². The van der Waals surface area contributed by atoms with Gasteiger partial charge in [0.15, 0.2) is 5.78 Å². The zero-order chi connectivity index (χ0) is 14.5. The van der Waals surface area contributed by atoms with Crippen molar-refractivity contribution in [1.82, 2.24) is 4.90 Å². The van der Waals surface area contributed by atoms with Crippen LogP contribution in [0.4, 0.5) is 0 Å². The molecule has 20 heavy (non-hydrogen) atoms. The van der Waals surface area contributed by atoms with Gasteiger partial charge in [-0.2, -0.15) is 0 Å². The van der Waals surface area contributed by atoms with Crippen LogP contribution >= 0.6 is 0 Å². The number of Topliss-reactive ketones (excluding diaryl/α,β-unsaturated/α-hetero) is 1. The van der Waals surface area contributed by atoms with Crippen molar-refractivity contribution >= 4 is 5.78 Å². The van der Waals surface area contributed by atoms with Crippen LogP contribution in [-0.4, -0.2) is 36.9 Å². The average molecular weight is 275 g/mol. The number of nitrogens with zero attached hydrogens (tertiary/aromatic N) is 1. The highest BCUT2D eigenvalue weighted by Crippen LogP contribution is 2.26. The Morgan fingerprint density at radius 1 is 1.20 bits per heavy atom. The smallest absolute Gasteiger partial charge is 0.180 e. The molecule has 0 aromatic heterocycles. The number of rotatable bonds is 5. The first-order valence-corrected chi connectivity index (χ1v) is 7.61. The molecule has 0 unspecified atom stereocenters. The van der Waals surface area contributed by atoms with Gasteiger partial charge in [-0.15, -0.1) is 0 Å². The minimum atomic E-state index is 0.183. The molecule has 1 fully saturated rings. The van der Waals surface area contributed by atoms with Crippen molar-refractivity contribution in [2.75, 3.05) is 26.2 Å². The molecule has 0 saturated carbocycles. The van der Waals surface area contributed by atoms with E-state index in [1.807, 2.05) is 26.8 Å². The number of hydrogen-bond acceptors (Lipinski definition) is 3. The van der Waals surface area contributed by atoms with Gasteiger partial charge in [-0.05, 0) is 63.9 Å². The molecule has 3 nitrogen and oxygen atoms in total. The van der Waals surface area contributed by atoms with Gasteiger partial charge < -0.3 is 4.74 Å². The van der Waals surface area contributed by atoms with Crippen molar-refractivity contribution in [2.45, 2.75) is 40.0 Å².